The Morgan fingerprint density at radius 3 is 1.31 bits per heavy atom. The van der Waals surface area contributed by atoms with Gasteiger partial charge < -0.3 is 24.2 Å². The van der Waals surface area contributed by atoms with Gasteiger partial charge in [-0.25, -0.2) is 4.57 Å². The Morgan fingerprint density at radius 2 is 0.844 bits per heavy atom. The molecule has 0 rings (SSSR count). The molecular weight excluding hydrogens is 832 g/mol. The maximum absolute atomic E-state index is 12.8. The van der Waals surface area contributed by atoms with Crippen molar-refractivity contribution in [2.24, 2.45) is 0 Å². The van der Waals surface area contributed by atoms with Gasteiger partial charge in [-0.05, 0) is 77.0 Å². The molecule has 0 fully saturated rings. The van der Waals surface area contributed by atoms with Gasteiger partial charge in [0.2, 0.25) is 0 Å². The molecule has 64 heavy (non-hydrogen) atoms. The molecule has 0 saturated heterocycles. The monoisotopic (exact) mass is 919 g/mol. The van der Waals surface area contributed by atoms with Crippen LogP contribution in [0, 0.1) is 0 Å². The molecule has 0 radical (unpaired) electrons. The highest BCUT2D eigenvalue weighted by Gasteiger charge is 2.28. The first-order valence-electron chi connectivity index (χ1n) is 24.5. The van der Waals surface area contributed by atoms with Gasteiger partial charge >= 0.3 is 25.7 Å². The van der Waals surface area contributed by atoms with E-state index in [-0.39, 0.29) is 25.9 Å². The molecule has 366 valence electrons. The highest BCUT2D eigenvalue weighted by molar-refractivity contribution is 7.47. The molecule has 11 nitrogen and oxygen atoms in total. The molecule has 0 amide bonds. The van der Waals surface area contributed by atoms with E-state index in [0.29, 0.717) is 19.3 Å². The van der Waals surface area contributed by atoms with Crippen LogP contribution in [0.5, 0.6) is 0 Å². The van der Waals surface area contributed by atoms with Crippen LogP contribution in [0.2, 0.25) is 0 Å². The molecule has 0 spiro atoms. The number of ether oxygens (including phenoxy) is 3. The van der Waals surface area contributed by atoms with E-state index in [2.05, 4.69) is 93.7 Å². The summed E-state index contributed by atoms with van der Waals surface area (Å²) in [4.78, 5) is 48.1. The SMILES string of the molecule is CC/C=C\C/C=C\C/C=C\C/C=C\CCC(=O)OCC(COP(=O)(O)OCC(CO)OC(=O)CCCCCCCCCCC)OC(=O)CCCCCCC/C=C\C/C=C\C/C=C\CC. The van der Waals surface area contributed by atoms with E-state index in [4.69, 9.17) is 23.3 Å². The predicted octanol–water partition coefficient (Wildman–Crippen LogP) is 13.6. The Balaban J connectivity index is 4.89. The third-order valence-corrected chi connectivity index (χ3v) is 10.8. The molecule has 0 heterocycles. The first-order valence-corrected chi connectivity index (χ1v) is 26.0. The topological polar surface area (TPSA) is 155 Å². The van der Waals surface area contributed by atoms with Crippen molar-refractivity contribution < 1.29 is 52.2 Å². The number of esters is 3. The zero-order valence-electron chi connectivity index (χ0n) is 40.0. The standard InChI is InChI=1S/C52H87O11P/c1-4-7-10-13-16-19-21-23-24-26-28-31-34-37-40-43-52(56)63-49(45-59-50(54)41-38-35-32-30-27-25-22-20-17-14-11-8-5-2)47-61-64(57,58)60-46-48(44-53)62-51(55)42-39-36-33-29-18-15-12-9-6-3/h7-8,10-11,16-17,19-20,23-25,27,32,35,48-49,53H,4-6,9,12-15,18,21-22,26,28-31,33-34,36-47H2,1-3H3,(H,57,58)/b10-7-,11-8-,19-16-,20-17-,24-23-,27-25-,35-32-. The van der Waals surface area contributed by atoms with Crippen molar-refractivity contribution in [3.8, 4) is 0 Å². The van der Waals surface area contributed by atoms with Gasteiger partial charge in [0.25, 0.3) is 0 Å². The van der Waals surface area contributed by atoms with Gasteiger partial charge in [-0.3, -0.25) is 23.4 Å². The van der Waals surface area contributed by atoms with Crippen molar-refractivity contribution in [1.82, 2.24) is 0 Å². The van der Waals surface area contributed by atoms with Crippen LogP contribution in [0.25, 0.3) is 0 Å². The van der Waals surface area contributed by atoms with Crippen molar-refractivity contribution in [1.29, 1.82) is 0 Å². The number of hydrogen-bond acceptors (Lipinski definition) is 10. The van der Waals surface area contributed by atoms with Crippen molar-refractivity contribution in [3.63, 3.8) is 0 Å². The van der Waals surface area contributed by atoms with Gasteiger partial charge in [-0.15, -0.1) is 0 Å². The van der Waals surface area contributed by atoms with Gasteiger partial charge in [0.15, 0.2) is 6.10 Å². The number of aliphatic hydroxyl groups excluding tert-OH is 1. The Morgan fingerprint density at radius 1 is 0.453 bits per heavy atom. The van der Waals surface area contributed by atoms with Gasteiger partial charge in [0.05, 0.1) is 19.8 Å². The van der Waals surface area contributed by atoms with Crippen molar-refractivity contribution >= 4 is 25.7 Å². The number of hydrogen-bond donors (Lipinski definition) is 2. The molecule has 0 saturated carbocycles. The van der Waals surface area contributed by atoms with Crippen LogP contribution in [-0.2, 0) is 42.2 Å². The van der Waals surface area contributed by atoms with E-state index in [0.717, 1.165) is 96.3 Å². The molecule has 0 aliphatic rings. The molecule has 0 aliphatic heterocycles. The Bertz CT molecular complexity index is 1400. The average molecular weight is 919 g/mol. The number of aliphatic hydroxyl groups is 1. The third-order valence-electron chi connectivity index (χ3n) is 9.83. The molecule has 0 aromatic carbocycles. The van der Waals surface area contributed by atoms with Crippen molar-refractivity contribution in [3.05, 3.63) is 85.1 Å². The summed E-state index contributed by atoms with van der Waals surface area (Å²) in [5, 5.41) is 9.73. The summed E-state index contributed by atoms with van der Waals surface area (Å²) in [5.74, 6) is -1.59. The minimum atomic E-state index is -4.76. The lowest BCUT2D eigenvalue weighted by atomic mass is 10.1. The maximum atomic E-state index is 12.8. The van der Waals surface area contributed by atoms with Gasteiger partial charge in [0, 0.05) is 19.3 Å². The smallest absolute Gasteiger partial charge is 0.462 e. The summed E-state index contributed by atoms with van der Waals surface area (Å²) < 4.78 is 39.1. The fourth-order valence-corrected chi connectivity index (χ4v) is 6.93. The number of phosphoric acid groups is 1. The Hall–Kier alpha value is -3.34. The van der Waals surface area contributed by atoms with Crippen LogP contribution in [0.1, 0.15) is 188 Å². The highest BCUT2D eigenvalue weighted by Crippen LogP contribution is 2.43. The number of phosphoric ester groups is 1. The largest absolute Gasteiger partial charge is 0.472 e. The molecule has 2 N–H and O–H groups in total. The third kappa shape index (κ3) is 43.9. The van der Waals surface area contributed by atoms with E-state index in [9.17, 15) is 28.9 Å². The first kappa shape index (κ1) is 60.7. The molecule has 0 bridgehead atoms. The lowest BCUT2D eigenvalue weighted by Gasteiger charge is -2.21. The second kappa shape index (κ2) is 46.2. The second-order valence-corrected chi connectivity index (χ2v) is 17.3. The summed E-state index contributed by atoms with van der Waals surface area (Å²) in [7, 11) is -4.76. The molecule has 3 atom stereocenters. The van der Waals surface area contributed by atoms with Crippen LogP contribution < -0.4 is 0 Å². The number of rotatable bonds is 44. The zero-order valence-corrected chi connectivity index (χ0v) is 40.9. The number of carbonyl (C=O) groups excluding carboxylic acids is 3. The Kier molecular flexibility index (Phi) is 43.8. The zero-order chi connectivity index (χ0) is 47.0. The predicted molar refractivity (Wildman–Crippen MR) is 261 cm³/mol. The van der Waals surface area contributed by atoms with Crippen molar-refractivity contribution in [2.75, 3.05) is 26.4 Å². The summed E-state index contributed by atoms with van der Waals surface area (Å²) in [6.45, 7) is 4.25. The number of allylic oxidation sites excluding steroid dienone is 14. The summed E-state index contributed by atoms with van der Waals surface area (Å²) >= 11 is 0. The van der Waals surface area contributed by atoms with Gasteiger partial charge in [0.1, 0.15) is 12.7 Å². The van der Waals surface area contributed by atoms with E-state index >= 15 is 0 Å². The molecule has 3 unspecified atom stereocenters. The van der Waals surface area contributed by atoms with Gasteiger partial charge in [-0.2, -0.15) is 0 Å². The fraction of sp³-hybridized carbons (Fsp3) is 0.673. The highest BCUT2D eigenvalue weighted by atomic mass is 31.2. The minimum absolute atomic E-state index is 0.0987. The average Bonchev–Trinajstić information content (AvgIpc) is 3.28. The van der Waals surface area contributed by atoms with Crippen LogP contribution in [-0.4, -0.2) is 66.5 Å². The van der Waals surface area contributed by atoms with E-state index in [1.807, 2.05) is 12.2 Å². The number of unbranched alkanes of at least 4 members (excludes halogenated alkanes) is 13. The Labute approximate surface area is 388 Å². The molecule has 0 aromatic heterocycles. The number of carbonyl (C=O) groups is 3. The lowest BCUT2D eigenvalue weighted by molar-refractivity contribution is -0.161. The summed E-state index contributed by atoms with van der Waals surface area (Å²) in [5.41, 5.74) is 0. The maximum Gasteiger partial charge on any atom is 0.472 e. The normalized spacial score (nSPS) is 14.3. The fourth-order valence-electron chi connectivity index (χ4n) is 6.15. The second-order valence-electron chi connectivity index (χ2n) is 15.9. The van der Waals surface area contributed by atoms with Gasteiger partial charge in [-0.1, -0.05) is 176 Å². The van der Waals surface area contributed by atoms with Crippen LogP contribution in [0.4, 0.5) is 0 Å². The van der Waals surface area contributed by atoms with Crippen LogP contribution in [0.15, 0.2) is 85.1 Å². The minimum Gasteiger partial charge on any atom is -0.462 e. The molecule has 12 heteroatoms. The van der Waals surface area contributed by atoms with Crippen LogP contribution >= 0.6 is 7.82 Å². The lowest BCUT2D eigenvalue weighted by Crippen LogP contribution is -2.30. The van der Waals surface area contributed by atoms with E-state index < -0.39 is 57.8 Å². The molecular formula is C52H87O11P. The molecule has 0 aromatic rings. The first-order chi connectivity index (χ1) is 31.2. The van der Waals surface area contributed by atoms with E-state index in [1.165, 1.54) is 32.1 Å². The quantitative estimate of drug-likeness (QED) is 0.0197. The molecule has 0 aliphatic carbocycles. The van der Waals surface area contributed by atoms with Crippen LogP contribution in [0.3, 0.4) is 0 Å². The summed E-state index contributed by atoms with van der Waals surface area (Å²) in [6.07, 6.45) is 50.1. The van der Waals surface area contributed by atoms with E-state index in [1.54, 1.807) is 0 Å². The summed E-state index contributed by atoms with van der Waals surface area (Å²) in [6, 6.07) is 0. The van der Waals surface area contributed by atoms with Crippen molar-refractivity contribution in [2.45, 2.75) is 200 Å².